The van der Waals surface area contributed by atoms with E-state index >= 15 is 0 Å². The Morgan fingerprint density at radius 3 is 2.23 bits per heavy atom. The van der Waals surface area contributed by atoms with Crippen LogP contribution in [0.1, 0.15) is 69.8 Å². The highest BCUT2D eigenvalue weighted by Gasteiger charge is 2.26. The van der Waals surface area contributed by atoms with Gasteiger partial charge in [0, 0.05) is 93.7 Å². The van der Waals surface area contributed by atoms with Gasteiger partial charge in [-0.2, -0.15) is 5.10 Å². The lowest BCUT2D eigenvalue weighted by atomic mass is 10.0. The number of fused-ring (bicyclic) bond motifs is 1. The summed E-state index contributed by atoms with van der Waals surface area (Å²) in [5.74, 6) is 1.02. The molecule has 1 unspecified atom stereocenters. The number of benzene rings is 2. The van der Waals surface area contributed by atoms with Gasteiger partial charge in [-0.1, -0.05) is 32.1 Å². The van der Waals surface area contributed by atoms with E-state index in [4.69, 9.17) is 9.47 Å². The van der Waals surface area contributed by atoms with Crippen molar-refractivity contribution in [3.63, 3.8) is 0 Å². The quantitative estimate of drug-likeness (QED) is 0.0840. The number of amides is 2. The number of Topliss-reactive ketones (excluding diaryl/α,β-unsaturated/α-hetero) is 1. The van der Waals surface area contributed by atoms with Crippen LogP contribution in [0.5, 0.6) is 11.5 Å². The summed E-state index contributed by atoms with van der Waals surface area (Å²) in [6.45, 7) is 5.95. The summed E-state index contributed by atoms with van der Waals surface area (Å²) in [6.07, 6.45) is 13.0. The molecule has 4 heterocycles. The van der Waals surface area contributed by atoms with E-state index < -0.39 is 0 Å². The second-order valence-electron chi connectivity index (χ2n) is 15.2. The highest BCUT2D eigenvalue weighted by Crippen LogP contribution is 2.37. The zero-order chi connectivity index (χ0) is 40.3. The molecule has 0 radical (unpaired) electrons. The van der Waals surface area contributed by atoms with E-state index in [1.165, 1.54) is 31.4 Å². The number of nitrogens with one attached hydrogen (secondary N) is 3. The minimum absolute atomic E-state index is 0.113. The summed E-state index contributed by atoms with van der Waals surface area (Å²) in [5, 5.41) is 14.0. The van der Waals surface area contributed by atoms with Crippen LogP contribution in [0.3, 0.4) is 0 Å². The number of rotatable bonds is 20. The Morgan fingerprint density at radius 1 is 0.895 bits per heavy atom. The van der Waals surface area contributed by atoms with Crippen molar-refractivity contribution < 1.29 is 23.9 Å². The molecule has 2 aliphatic rings. The molecule has 1 atom stereocenters. The van der Waals surface area contributed by atoms with Crippen molar-refractivity contribution in [2.75, 3.05) is 63.7 Å². The zero-order valence-electron chi connectivity index (χ0n) is 33.9. The maximum atomic E-state index is 12.7. The molecular weight excluding hydrogens is 725 g/mol. The molecule has 2 amide bonds. The van der Waals surface area contributed by atoms with Gasteiger partial charge in [-0.25, -0.2) is 0 Å². The van der Waals surface area contributed by atoms with E-state index in [9.17, 15) is 19.2 Å². The minimum Gasteiger partial charge on any atom is -0.496 e. The van der Waals surface area contributed by atoms with Crippen LogP contribution >= 0.6 is 0 Å². The molecule has 0 aliphatic carbocycles. The molecule has 4 aromatic rings. The van der Waals surface area contributed by atoms with Gasteiger partial charge in [0.25, 0.3) is 5.56 Å². The molecule has 6 rings (SSSR count). The Hall–Kier alpha value is -5.21. The molecule has 0 bridgehead atoms. The average molecular weight is 783 g/mol. The monoisotopic (exact) mass is 782 g/mol. The lowest BCUT2D eigenvalue weighted by Gasteiger charge is -2.36. The number of piperidine rings is 1. The fourth-order valence-electron chi connectivity index (χ4n) is 7.91. The molecular formula is C43H58N8O6. The first kappa shape index (κ1) is 41.4. The zero-order valence-corrected chi connectivity index (χ0v) is 33.9. The topological polar surface area (TPSA) is 152 Å². The van der Waals surface area contributed by atoms with Crippen molar-refractivity contribution in [1.29, 1.82) is 0 Å². The number of methoxy groups -OCH3 is 2. The number of anilines is 2. The average Bonchev–Trinajstić information content (AvgIpc) is 3.61. The van der Waals surface area contributed by atoms with Gasteiger partial charge in [0.1, 0.15) is 28.8 Å². The number of hydrogen-bond acceptors (Lipinski definition) is 11. The summed E-state index contributed by atoms with van der Waals surface area (Å²) >= 11 is 0. The van der Waals surface area contributed by atoms with Crippen LogP contribution in [0.4, 0.5) is 11.4 Å². The third-order valence-electron chi connectivity index (χ3n) is 11.2. The summed E-state index contributed by atoms with van der Waals surface area (Å²) in [6, 6.07) is 11.7. The van der Waals surface area contributed by atoms with Gasteiger partial charge < -0.3 is 29.6 Å². The first-order valence-electron chi connectivity index (χ1n) is 20.3. The number of hydrogen-bond donors (Lipinski definition) is 3. The first-order valence-corrected chi connectivity index (χ1v) is 20.3. The molecule has 0 saturated carbocycles. The van der Waals surface area contributed by atoms with Crippen molar-refractivity contribution in [2.24, 2.45) is 14.1 Å². The molecule has 0 spiro atoms. The number of imide groups is 1. The number of ketones is 1. The molecule has 2 saturated heterocycles. The van der Waals surface area contributed by atoms with Crippen LogP contribution < -0.4 is 35.9 Å². The number of aromatic nitrogens is 3. The molecule has 2 fully saturated rings. The molecule has 14 heteroatoms. The predicted molar refractivity (Wildman–Crippen MR) is 223 cm³/mol. The second-order valence-corrected chi connectivity index (χ2v) is 15.2. The predicted octanol–water partition coefficient (Wildman–Crippen LogP) is 4.78. The third kappa shape index (κ3) is 10.6. The van der Waals surface area contributed by atoms with E-state index in [1.54, 1.807) is 50.0 Å². The largest absolute Gasteiger partial charge is 0.496 e. The fourth-order valence-corrected chi connectivity index (χ4v) is 7.91. The molecule has 3 N–H and O–H groups in total. The van der Waals surface area contributed by atoms with Crippen molar-refractivity contribution in [3.8, 4) is 22.6 Å². The summed E-state index contributed by atoms with van der Waals surface area (Å²) in [4.78, 5) is 53.9. The molecule has 57 heavy (non-hydrogen) atoms. The Kier molecular flexibility index (Phi) is 14.4. The van der Waals surface area contributed by atoms with Crippen LogP contribution in [-0.4, -0.2) is 96.4 Å². The van der Waals surface area contributed by atoms with Crippen LogP contribution in [0.25, 0.3) is 22.0 Å². The highest BCUT2D eigenvalue weighted by molar-refractivity contribution is 6.01. The highest BCUT2D eigenvalue weighted by atomic mass is 16.5. The Labute approximate surface area is 334 Å². The Balaban J connectivity index is 0.821. The number of carbonyl (C=O) groups excluding carboxylic acids is 3. The van der Waals surface area contributed by atoms with Crippen LogP contribution in [0, 0.1) is 0 Å². The van der Waals surface area contributed by atoms with E-state index in [-0.39, 0.29) is 35.7 Å². The number of pyridine rings is 1. The Morgan fingerprint density at radius 2 is 1.56 bits per heavy atom. The van der Waals surface area contributed by atoms with Gasteiger partial charge in [-0.3, -0.25) is 34.1 Å². The van der Waals surface area contributed by atoms with E-state index in [0.29, 0.717) is 42.8 Å². The summed E-state index contributed by atoms with van der Waals surface area (Å²) < 4.78 is 14.7. The second kappa shape index (κ2) is 19.8. The van der Waals surface area contributed by atoms with Gasteiger partial charge in [0.2, 0.25) is 11.8 Å². The molecule has 2 aromatic carbocycles. The number of carbonyl (C=O) groups is 3. The van der Waals surface area contributed by atoms with E-state index in [0.717, 1.165) is 79.8 Å². The van der Waals surface area contributed by atoms with Gasteiger partial charge >= 0.3 is 0 Å². The van der Waals surface area contributed by atoms with Crippen LogP contribution in [-0.2, 0) is 35.0 Å². The smallest absolute Gasteiger partial charge is 0.276 e. The minimum atomic E-state index is -0.371. The van der Waals surface area contributed by atoms with Crippen LogP contribution in [0.2, 0.25) is 0 Å². The van der Waals surface area contributed by atoms with Gasteiger partial charge in [0.05, 0.1) is 27.0 Å². The lowest BCUT2D eigenvalue weighted by Crippen LogP contribution is -2.47. The number of piperazine rings is 1. The normalized spacial score (nSPS) is 16.2. The fraction of sp³-hybridized carbons (Fsp3) is 0.512. The number of ether oxygens (including phenoxy) is 2. The van der Waals surface area contributed by atoms with Crippen LogP contribution in [0.15, 0.2) is 53.6 Å². The number of aryl methyl sites for hydroxylation is 2. The maximum absolute atomic E-state index is 12.7. The van der Waals surface area contributed by atoms with Gasteiger partial charge in [0.15, 0.2) is 0 Å². The van der Waals surface area contributed by atoms with Gasteiger partial charge in [-0.15, -0.1) is 0 Å². The summed E-state index contributed by atoms with van der Waals surface area (Å²) in [5.41, 5.74) is 5.02. The lowest BCUT2D eigenvalue weighted by molar-refractivity contribution is -0.133. The molecule has 2 aliphatic heterocycles. The number of unbranched alkanes of at least 4 members (excludes halogenated alkanes) is 6. The Bertz CT molecular complexity index is 2040. The molecule has 2 aromatic heterocycles. The molecule has 14 nitrogen and oxygen atoms in total. The summed E-state index contributed by atoms with van der Waals surface area (Å²) in [7, 11) is 6.73. The SMILES string of the molecule is COc1cc(-c2cn(C)c(=O)c3c2cnn3C)cc(OC)c1CNCC(=O)CCCCCCCCCN1CCN(c2ccc(NC3CCC(=O)NC3=O)cc2)CC1. The van der Waals surface area contributed by atoms with E-state index in [2.05, 4.69) is 43.0 Å². The van der Waals surface area contributed by atoms with Crippen molar-refractivity contribution in [1.82, 2.24) is 29.9 Å². The van der Waals surface area contributed by atoms with Crippen molar-refractivity contribution in [2.45, 2.75) is 76.8 Å². The number of nitrogens with zero attached hydrogens (tertiary/aromatic N) is 5. The third-order valence-corrected chi connectivity index (χ3v) is 11.2. The van der Waals surface area contributed by atoms with Gasteiger partial charge in [-0.05, 0) is 67.8 Å². The van der Waals surface area contributed by atoms with Crippen molar-refractivity contribution >= 4 is 39.9 Å². The standard InChI is InChI=1S/C43H58N8O6/c1-48-29-36(34-28-45-49(2)41(34)43(48)55)30-24-38(56-3)35(39(25-30)57-4)27-44-26-33(52)12-10-8-6-5-7-9-11-19-50-20-22-51(23-21-50)32-15-13-31(14-16-32)46-37-17-18-40(53)47-42(37)54/h13-16,24-25,28-29,37,44,46H,5-12,17-23,26-27H2,1-4H3,(H,47,53,54). The maximum Gasteiger partial charge on any atom is 0.276 e. The van der Waals surface area contributed by atoms with Crippen molar-refractivity contribution in [3.05, 3.63) is 64.7 Å². The molecule has 306 valence electrons. The van der Waals surface area contributed by atoms with E-state index in [1.807, 2.05) is 24.3 Å². The first-order chi connectivity index (χ1) is 27.6.